The molecule has 0 saturated heterocycles. The van der Waals surface area contributed by atoms with Crippen molar-refractivity contribution in [2.45, 2.75) is 51.5 Å². The van der Waals surface area contributed by atoms with Crippen molar-refractivity contribution in [3.8, 4) is 0 Å². The second-order valence-corrected chi connectivity index (χ2v) is 6.23. The molecule has 1 aliphatic carbocycles. The number of amides is 2. The maximum atomic E-state index is 12.5. The molecule has 0 atom stereocenters. The Morgan fingerprint density at radius 2 is 1.79 bits per heavy atom. The predicted octanol–water partition coefficient (Wildman–Crippen LogP) is 3.19. The summed E-state index contributed by atoms with van der Waals surface area (Å²) in [6.07, 6.45) is 4.56. The van der Waals surface area contributed by atoms with Gasteiger partial charge in [-0.25, -0.2) is 0 Å². The molecule has 0 bridgehead atoms. The van der Waals surface area contributed by atoms with Crippen LogP contribution in [-0.2, 0) is 4.79 Å². The first-order valence-corrected chi connectivity index (χ1v) is 8.50. The van der Waals surface area contributed by atoms with Crippen molar-refractivity contribution >= 4 is 29.9 Å². The monoisotopic (exact) mass is 353 g/mol. The molecule has 0 spiro atoms. The summed E-state index contributed by atoms with van der Waals surface area (Å²) in [5, 5.41) is 2.89. The molecule has 1 aliphatic rings. The van der Waals surface area contributed by atoms with Gasteiger partial charge in [-0.1, -0.05) is 25.3 Å². The van der Waals surface area contributed by atoms with E-state index in [0.29, 0.717) is 24.3 Å². The molecule has 2 amide bonds. The van der Waals surface area contributed by atoms with Gasteiger partial charge in [-0.3, -0.25) is 9.59 Å². The molecular weight excluding hydrogens is 326 g/mol. The van der Waals surface area contributed by atoms with E-state index in [0.717, 1.165) is 32.1 Å². The molecule has 1 aromatic rings. The Morgan fingerprint density at radius 1 is 1.17 bits per heavy atom. The van der Waals surface area contributed by atoms with Gasteiger partial charge in [0.25, 0.3) is 5.91 Å². The van der Waals surface area contributed by atoms with E-state index in [1.165, 1.54) is 0 Å². The molecule has 134 valence electrons. The minimum Gasteiger partial charge on any atom is -0.339 e. The summed E-state index contributed by atoms with van der Waals surface area (Å²) in [5.74, 6) is -0.170. The third-order valence-electron chi connectivity index (χ3n) is 4.62. The quantitative estimate of drug-likeness (QED) is 0.853. The van der Waals surface area contributed by atoms with Gasteiger partial charge in [0, 0.05) is 24.3 Å². The van der Waals surface area contributed by atoms with Crippen LogP contribution in [0, 0.1) is 0 Å². The van der Waals surface area contributed by atoms with Gasteiger partial charge in [-0.05, 0) is 44.9 Å². The fourth-order valence-corrected chi connectivity index (χ4v) is 3.09. The lowest BCUT2D eigenvalue weighted by atomic mass is 9.82. The molecule has 0 aliphatic heterocycles. The summed E-state index contributed by atoms with van der Waals surface area (Å²) < 4.78 is 0. The molecule has 1 aromatic carbocycles. The van der Waals surface area contributed by atoms with Crippen molar-refractivity contribution in [3.05, 3.63) is 29.8 Å². The highest BCUT2D eigenvalue weighted by molar-refractivity contribution is 6.00. The van der Waals surface area contributed by atoms with Crippen LogP contribution < -0.4 is 11.1 Å². The Morgan fingerprint density at radius 3 is 2.38 bits per heavy atom. The molecule has 1 fully saturated rings. The van der Waals surface area contributed by atoms with Crippen molar-refractivity contribution in [2.24, 2.45) is 5.73 Å². The van der Waals surface area contributed by atoms with Gasteiger partial charge in [0.1, 0.15) is 0 Å². The predicted molar refractivity (Wildman–Crippen MR) is 99.6 cm³/mol. The summed E-state index contributed by atoms with van der Waals surface area (Å²) in [4.78, 5) is 26.6. The Bertz CT molecular complexity index is 567. The van der Waals surface area contributed by atoms with Gasteiger partial charge in [0.05, 0.1) is 5.54 Å². The Balaban J connectivity index is 0.00000288. The second-order valence-electron chi connectivity index (χ2n) is 6.23. The standard InChI is InChI=1S/C18H27N3O2.ClH/c1-3-21(4-2)16(22)14-9-8-10-15(13-14)20-17(23)18(19)11-6-5-7-12-18;/h8-10,13H,3-7,11-12,19H2,1-2H3,(H,20,23);1H. The first-order chi connectivity index (χ1) is 11.0. The fourth-order valence-electron chi connectivity index (χ4n) is 3.09. The third-order valence-corrected chi connectivity index (χ3v) is 4.62. The Labute approximate surface area is 150 Å². The average Bonchev–Trinajstić information content (AvgIpc) is 2.56. The van der Waals surface area contributed by atoms with E-state index in [9.17, 15) is 9.59 Å². The summed E-state index contributed by atoms with van der Waals surface area (Å²) in [6.45, 7) is 5.23. The van der Waals surface area contributed by atoms with E-state index in [2.05, 4.69) is 5.32 Å². The van der Waals surface area contributed by atoms with Crippen LogP contribution in [-0.4, -0.2) is 35.3 Å². The first kappa shape index (κ1) is 20.5. The number of carbonyl (C=O) groups excluding carboxylic acids is 2. The summed E-state index contributed by atoms with van der Waals surface area (Å²) in [6, 6.07) is 7.08. The Kier molecular flexibility index (Phi) is 7.70. The number of hydrogen-bond donors (Lipinski definition) is 2. The highest BCUT2D eigenvalue weighted by atomic mass is 35.5. The van der Waals surface area contributed by atoms with Gasteiger partial charge in [-0.2, -0.15) is 0 Å². The fraction of sp³-hybridized carbons (Fsp3) is 0.556. The van der Waals surface area contributed by atoms with Crippen molar-refractivity contribution < 1.29 is 9.59 Å². The van der Waals surface area contributed by atoms with Crippen molar-refractivity contribution in [2.75, 3.05) is 18.4 Å². The van der Waals surface area contributed by atoms with Crippen LogP contribution in [0.4, 0.5) is 5.69 Å². The third kappa shape index (κ3) is 4.71. The van der Waals surface area contributed by atoms with Gasteiger partial charge >= 0.3 is 0 Å². The molecule has 0 radical (unpaired) electrons. The number of anilines is 1. The van der Waals surface area contributed by atoms with E-state index < -0.39 is 5.54 Å². The normalized spacial score (nSPS) is 16.0. The van der Waals surface area contributed by atoms with Crippen LogP contribution in [0.3, 0.4) is 0 Å². The highest BCUT2D eigenvalue weighted by Crippen LogP contribution is 2.27. The number of hydrogen-bond acceptors (Lipinski definition) is 3. The number of carbonyl (C=O) groups is 2. The van der Waals surface area contributed by atoms with Crippen LogP contribution in [0.2, 0.25) is 0 Å². The lowest BCUT2D eigenvalue weighted by Gasteiger charge is -2.31. The van der Waals surface area contributed by atoms with Crippen LogP contribution in [0.1, 0.15) is 56.3 Å². The van der Waals surface area contributed by atoms with Crippen LogP contribution >= 0.6 is 12.4 Å². The van der Waals surface area contributed by atoms with E-state index in [4.69, 9.17) is 5.73 Å². The van der Waals surface area contributed by atoms with E-state index in [1.54, 1.807) is 29.2 Å². The molecule has 0 heterocycles. The van der Waals surface area contributed by atoms with Crippen molar-refractivity contribution in [3.63, 3.8) is 0 Å². The smallest absolute Gasteiger partial charge is 0.253 e. The summed E-state index contributed by atoms with van der Waals surface area (Å²) >= 11 is 0. The van der Waals surface area contributed by atoms with Crippen molar-refractivity contribution in [1.82, 2.24) is 4.90 Å². The first-order valence-electron chi connectivity index (χ1n) is 8.50. The molecule has 24 heavy (non-hydrogen) atoms. The summed E-state index contributed by atoms with van der Waals surface area (Å²) in [5.41, 5.74) is 6.68. The summed E-state index contributed by atoms with van der Waals surface area (Å²) in [7, 11) is 0. The van der Waals surface area contributed by atoms with Crippen LogP contribution in [0.5, 0.6) is 0 Å². The Hall–Kier alpha value is -1.59. The molecule has 0 aromatic heterocycles. The lowest BCUT2D eigenvalue weighted by Crippen LogP contribution is -2.52. The van der Waals surface area contributed by atoms with E-state index in [1.807, 2.05) is 13.8 Å². The largest absolute Gasteiger partial charge is 0.339 e. The molecule has 1 saturated carbocycles. The molecule has 2 rings (SSSR count). The number of nitrogens with zero attached hydrogens (tertiary/aromatic N) is 1. The van der Waals surface area contributed by atoms with Crippen molar-refractivity contribution in [1.29, 1.82) is 0 Å². The number of rotatable bonds is 5. The minimum absolute atomic E-state index is 0. The van der Waals surface area contributed by atoms with Crippen LogP contribution in [0.25, 0.3) is 0 Å². The maximum Gasteiger partial charge on any atom is 0.253 e. The SMILES string of the molecule is CCN(CC)C(=O)c1cccc(NC(=O)C2(N)CCCCC2)c1.Cl. The van der Waals surface area contributed by atoms with Crippen LogP contribution in [0.15, 0.2) is 24.3 Å². The van der Waals surface area contributed by atoms with E-state index in [-0.39, 0.29) is 24.2 Å². The second kappa shape index (κ2) is 9.04. The lowest BCUT2D eigenvalue weighted by molar-refractivity contribution is -0.122. The van der Waals surface area contributed by atoms with Gasteiger partial charge in [0.15, 0.2) is 0 Å². The molecule has 5 nitrogen and oxygen atoms in total. The van der Waals surface area contributed by atoms with Gasteiger partial charge in [-0.15, -0.1) is 12.4 Å². The molecule has 3 N–H and O–H groups in total. The number of nitrogens with two attached hydrogens (primary N) is 1. The topological polar surface area (TPSA) is 75.4 Å². The molecule has 0 unspecified atom stereocenters. The zero-order chi connectivity index (χ0) is 16.9. The average molecular weight is 354 g/mol. The minimum atomic E-state index is -0.781. The maximum absolute atomic E-state index is 12.5. The zero-order valence-electron chi connectivity index (χ0n) is 14.5. The number of benzene rings is 1. The zero-order valence-corrected chi connectivity index (χ0v) is 15.3. The number of halogens is 1. The number of nitrogens with one attached hydrogen (secondary N) is 1. The van der Waals surface area contributed by atoms with Gasteiger partial charge in [0.2, 0.25) is 5.91 Å². The highest BCUT2D eigenvalue weighted by Gasteiger charge is 2.35. The molecule has 6 heteroatoms. The van der Waals surface area contributed by atoms with E-state index >= 15 is 0 Å². The molecular formula is C18H28ClN3O2. The van der Waals surface area contributed by atoms with Gasteiger partial charge < -0.3 is 16.0 Å².